The van der Waals surface area contributed by atoms with Crippen LogP contribution in [0.1, 0.15) is 39.3 Å². The van der Waals surface area contributed by atoms with Gasteiger partial charge in [-0.1, -0.05) is 26.0 Å². The van der Waals surface area contributed by atoms with Crippen LogP contribution in [0.25, 0.3) is 0 Å². The lowest BCUT2D eigenvalue weighted by atomic mass is 9.80. The molecule has 1 atom stereocenters. The van der Waals surface area contributed by atoms with Gasteiger partial charge in [-0.2, -0.15) is 0 Å². The Labute approximate surface area is 121 Å². The van der Waals surface area contributed by atoms with E-state index >= 15 is 0 Å². The van der Waals surface area contributed by atoms with Crippen LogP contribution in [-0.2, 0) is 4.74 Å². The summed E-state index contributed by atoms with van der Waals surface area (Å²) in [6, 6.07) is 8.45. The number of benzene rings is 1. The van der Waals surface area contributed by atoms with Gasteiger partial charge in [0.05, 0.1) is 6.04 Å². The number of ether oxygens (including phenoxy) is 1. The first kappa shape index (κ1) is 14.7. The van der Waals surface area contributed by atoms with E-state index in [0.717, 1.165) is 18.7 Å². The van der Waals surface area contributed by atoms with Gasteiger partial charge in [0.1, 0.15) is 6.61 Å². The molecule has 1 aromatic rings. The number of carbonyl (C=O) groups is 1. The quantitative estimate of drug-likeness (QED) is 0.917. The Balaban J connectivity index is 2.22. The van der Waals surface area contributed by atoms with Crippen LogP contribution in [0.4, 0.5) is 10.5 Å². The van der Waals surface area contributed by atoms with Crippen molar-refractivity contribution in [3.05, 3.63) is 29.8 Å². The standard InChI is InChI=1S/C16H24N2O2/c1-5-18(6-2)13-9-7-12(8-10-13)14-16(3,4)11-20-15(19)17-14/h7-10,14H,5-6,11H2,1-4H3,(H,17,19)/t14-/m0/s1. The monoisotopic (exact) mass is 276 g/mol. The highest BCUT2D eigenvalue weighted by molar-refractivity contribution is 5.69. The lowest BCUT2D eigenvalue weighted by molar-refractivity contribution is 0.0387. The maximum absolute atomic E-state index is 11.5. The third-order valence-corrected chi connectivity index (χ3v) is 3.97. The maximum atomic E-state index is 11.5. The van der Waals surface area contributed by atoms with E-state index in [0.29, 0.717) is 6.61 Å². The maximum Gasteiger partial charge on any atom is 0.407 e. The molecule has 1 aliphatic rings. The Hall–Kier alpha value is -1.71. The third kappa shape index (κ3) is 2.89. The first-order valence-corrected chi connectivity index (χ1v) is 7.26. The zero-order chi connectivity index (χ0) is 14.8. The zero-order valence-electron chi connectivity index (χ0n) is 12.8. The van der Waals surface area contributed by atoms with Crippen LogP contribution in [-0.4, -0.2) is 25.8 Å². The number of cyclic esters (lactones) is 1. The van der Waals surface area contributed by atoms with E-state index in [1.165, 1.54) is 5.69 Å². The molecular formula is C16H24N2O2. The molecule has 20 heavy (non-hydrogen) atoms. The second-order valence-corrected chi connectivity index (χ2v) is 5.91. The summed E-state index contributed by atoms with van der Waals surface area (Å²) in [6.07, 6.45) is -0.331. The number of hydrogen-bond acceptors (Lipinski definition) is 3. The van der Waals surface area contributed by atoms with Crippen molar-refractivity contribution in [3.8, 4) is 0 Å². The van der Waals surface area contributed by atoms with Crippen LogP contribution in [0.3, 0.4) is 0 Å². The van der Waals surface area contributed by atoms with Gasteiger partial charge in [-0.15, -0.1) is 0 Å². The van der Waals surface area contributed by atoms with Gasteiger partial charge < -0.3 is 15.0 Å². The van der Waals surface area contributed by atoms with Gasteiger partial charge in [0.25, 0.3) is 0 Å². The second-order valence-electron chi connectivity index (χ2n) is 5.91. The summed E-state index contributed by atoms with van der Waals surface area (Å²) in [6.45, 7) is 11.0. The molecule has 110 valence electrons. The van der Waals surface area contributed by atoms with Crippen molar-refractivity contribution >= 4 is 11.8 Å². The second kappa shape index (κ2) is 5.73. The van der Waals surface area contributed by atoms with Crippen molar-refractivity contribution in [3.63, 3.8) is 0 Å². The van der Waals surface area contributed by atoms with Gasteiger partial charge in [-0.3, -0.25) is 0 Å². The highest BCUT2D eigenvalue weighted by atomic mass is 16.6. The summed E-state index contributed by atoms with van der Waals surface area (Å²) in [5, 5.41) is 2.92. The van der Waals surface area contributed by atoms with Crippen molar-refractivity contribution in [2.75, 3.05) is 24.6 Å². The van der Waals surface area contributed by atoms with Crippen LogP contribution in [0.2, 0.25) is 0 Å². The number of hydrogen-bond donors (Lipinski definition) is 1. The Bertz CT molecular complexity index is 464. The molecule has 2 rings (SSSR count). The molecule has 1 fully saturated rings. The lowest BCUT2D eigenvalue weighted by Crippen LogP contribution is -2.46. The number of rotatable bonds is 4. The molecule has 4 heteroatoms. The van der Waals surface area contributed by atoms with E-state index < -0.39 is 0 Å². The number of carbonyl (C=O) groups excluding carboxylic acids is 1. The fourth-order valence-electron chi connectivity index (χ4n) is 2.69. The van der Waals surface area contributed by atoms with Gasteiger partial charge >= 0.3 is 6.09 Å². The van der Waals surface area contributed by atoms with Gasteiger partial charge in [-0.25, -0.2) is 4.79 Å². The van der Waals surface area contributed by atoms with Crippen LogP contribution in [0.15, 0.2) is 24.3 Å². The minimum Gasteiger partial charge on any atom is -0.449 e. The largest absolute Gasteiger partial charge is 0.449 e. The van der Waals surface area contributed by atoms with Crippen molar-refractivity contribution < 1.29 is 9.53 Å². The van der Waals surface area contributed by atoms with E-state index in [4.69, 9.17) is 4.74 Å². The summed E-state index contributed by atoms with van der Waals surface area (Å²) in [5.41, 5.74) is 2.24. The summed E-state index contributed by atoms with van der Waals surface area (Å²) in [7, 11) is 0. The average Bonchev–Trinajstić information content (AvgIpc) is 2.44. The first-order chi connectivity index (χ1) is 9.47. The Morgan fingerprint density at radius 3 is 2.40 bits per heavy atom. The van der Waals surface area contributed by atoms with Gasteiger partial charge in [0.15, 0.2) is 0 Å². The predicted octanol–water partition coefficient (Wildman–Crippen LogP) is 3.34. The SMILES string of the molecule is CCN(CC)c1ccc([C@@H]2NC(=O)OCC2(C)C)cc1. The molecule has 1 heterocycles. The summed E-state index contributed by atoms with van der Waals surface area (Å²) < 4.78 is 5.08. The fourth-order valence-corrected chi connectivity index (χ4v) is 2.69. The number of nitrogens with one attached hydrogen (secondary N) is 1. The molecule has 1 aromatic carbocycles. The van der Waals surface area contributed by atoms with Crippen molar-refractivity contribution in [1.82, 2.24) is 5.32 Å². The molecule has 0 aliphatic carbocycles. The zero-order valence-corrected chi connectivity index (χ0v) is 12.8. The number of nitrogens with zero attached hydrogens (tertiary/aromatic N) is 1. The Morgan fingerprint density at radius 1 is 1.25 bits per heavy atom. The molecule has 0 saturated carbocycles. The summed E-state index contributed by atoms with van der Waals surface area (Å²) in [4.78, 5) is 13.8. The molecule has 1 N–H and O–H groups in total. The molecule has 0 aromatic heterocycles. The Kier molecular flexibility index (Phi) is 4.21. The molecule has 4 nitrogen and oxygen atoms in total. The summed E-state index contributed by atoms with van der Waals surface area (Å²) >= 11 is 0. The van der Waals surface area contributed by atoms with E-state index in [2.05, 4.69) is 62.2 Å². The highest BCUT2D eigenvalue weighted by Gasteiger charge is 2.37. The first-order valence-electron chi connectivity index (χ1n) is 7.26. The molecule has 1 amide bonds. The van der Waals surface area contributed by atoms with Crippen LogP contribution in [0, 0.1) is 5.41 Å². The van der Waals surface area contributed by atoms with Crippen LogP contribution >= 0.6 is 0 Å². The van der Waals surface area contributed by atoms with Crippen molar-refractivity contribution in [1.29, 1.82) is 0 Å². The van der Waals surface area contributed by atoms with E-state index in [-0.39, 0.29) is 17.6 Å². The topological polar surface area (TPSA) is 41.6 Å². The summed E-state index contributed by atoms with van der Waals surface area (Å²) in [5.74, 6) is 0. The van der Waals surface area contributed by atoms with Gasteiger partial charge in [0, 0.05) is 24.2 Å². The Morgan fingerprint density at radius 2 is 1.85 bits per heavy atom. The van der Waals surface area contributed by atoms with Gasteiger partial charge in [0.2, 0.25) is 0 Å². The third-order valence-electron chi connectivity index (χ3n) is 3.97. The molecule has 0 spiro atoms. The molecule has 0 unspecified atom stereocenters. The molecule has 1 saturated heterocycles. The lowest BCUT2D eigenvalue weighted by Gasteiger charge is -2.38. The highest BCUT2D eigenvalue weighted by Crippen LogP contribution is 2.36. The minimum atomic E-state index is -0.331. The van der Waals surface area contributed by atoms with E-state index in [1.807, 2.05) is 0 Å². The smallest absolute Gasteiger partial charge is 0.407 e. The van der Waals surface area contributed by atoms with Crippen LogP contribution < -0.4 is 10.2 Å². The molecule has 0 radical (unpaired) electrons. The number of amides is 1. The predicted molar refractivity (Wildman–Crippen MR) is 81.0 cm³/mol. The van der Waals surface area contributed by atoms with Crippen LogP contribution in [0.5, 0.6) is 0 Å². The van der Waals surface area contributed by atoms with E-state index in [9.17, 15) is 4.79 Å². The molecule has 0 bridgehead atoms. The van der Waals surface area contributed by atoms with Gasteiger partial charge in [-0.05, 0) is 31.5 Å². The van der Waals surface area contributed by atoms with E-state index in [1.54, 1.807) is 0 Å². The minimum absolute atomic E-state index is 0.00509. The van der Waals surface area contributed by atoms with Crippen molar-refractivity contribution in [2.45, 2.75) is 33.7 Å². The molecule has 1 aliphatic heterocycles. The average molecular weight is 276 g/mol. The fraction of sp³-hybridized carbons (Fsp3) is 0.562. The number of alkyl carbamates (subject to hydrolysis) is 1. The number of anilines is 1. The van der Waals surface area contributed by atoms with Crippen molar-refractivity contribution in [2.24, 2.45) is 5.41 Å². The normalized spacial score (nSPS) is 21.0. The molecular weight excluding hydrogens is 252 g/mol.